The number of rotatable bonds is 4. The fourth-order valence-electron chi connectivity index (χ4n) is 2.69. The molecule has 2 unspecified atom stereocenters. The fourth-order valence-corrected chi connectivity index (χ4v) is 3.19. The molecule has 0 aromatic carbocycles. The Bertz CT molecular complexity index is 579. The quantitative estimate of drug-likeness (QED) is 0.778. The van der Waals surface area contributed by atoms with Crippen molar-refractivity contribution in [2.24, 2.45) is 17.0 Å². The van der Waals surface area contributed by atoms with Gasteiger partial charge >= 0.3 is 0 Å². The molecule has 0 spiro atoms. The number of aromatic nitrogens is 1. The first-order valence-electron chi connectivity index (χ1n) is 6.87. The van der Waals surface area contributed by atoms with E-state index in [-0.39, 0.29) is 16.5 Å². The molecule has 2 rings (SSSR count). The molecule has 1 saturated carbocycles. The van der Waals surface area contributed by atoms with Crippen LogP contribution >= 0.6 is 0 Å². The van der Waals surface area contributed by atoms with Crippen molar-refractivity contribution in [3.05, 3.63) is 18.0 Å². The molecule has 0 bridgehead atoms. The zero-order valence-electron chi connectivity index (χ0n) is 11.6. The van der Waals surface area contributed by atoms with E-state index in [1.54, 1.807) is 0 Å². The van der Waals surface area contributed by atoms with Gasteiger partial charge in [0.25, 0.3) is 5.91 Å². The van der Waals surface area contributed by atoms with Gasteiger partial charge in [0.2, 0.25) is 10.0 Å². The van der Waals surface area contributed by atoms with Gasteiger partial charge in [-0.25, -0.2) is 13.6 Å². The predicted octanol–water partition coefficient (Wildman–Crippen LogP) is 1.22. The van der Waals surface area contributed by atoms with E-state index in [1.165, 1.54) is 31.5 Å². The maximum atomic E-state index is 12.0. The highest BCUT2D eigenvalue weighted by atomic mass is 32.2. The third-order valence-corrected chi connectivity index (χ3v) is 4.94. The summed E-state index contributed by atoms with van der Waals surface area (Å²) in [6.45, 7) is 2.84. The van der Waals surface area contributed by atoms with Crippen LogP contribution in [-0.2, 0) is 10.0 Å². The number of H-pyrrole nitrogens is 1. The van der Waals surface area contributed by atoms with Gasteiger partial charge in [-0.15, -0.1) is 0 Å². The minimum Gasteiger partial charge on any atom is -0.356 e. The Morgan fingerprint density at radius 2 is 2.15 bits per heavy atom. The Morgan fingerprint density at radius 1 is 1.45 bits per heavy atom. The number of nitrogens with one attached hydrogen (secondary N) is 2. The number of hydrogen-bond donors (Lipinski definition) is 3. The number of primary sulfonamides is 1. The lowest BCUT2D eigenvalue weighted by Gasteiger charge is -2.28. The van der Waals surface area contributed by atoms with Gasteiger partial charge in [-0.1, -0.05) is 26.2 Å². The second-order valence-corrected chi connectivity index (χ2v) is 7.09. The van der Waals surface area contributed by atoms with Gasteiger partial charge in [0.1, 0.15) is 5.69 Å². The molecule has 4 N–H and O–H groups in total. The van der Waals surface area contributed by atoms with Gasteiger partial charge in [-0.2, -0.15) is 0 Å². The molecular formula is C13H21N3O3S. The molecule has 6 nitrogen and oxygen atoms in total. The summed E-state index contributed by atoms with van der Waals surface area (Å²) in [6.07, 6.45) is 6.05. The molecule has 0 saturated heterocycles. The van der Waals surface area contributed by atoms with Crippen LogP contribution in [0.25, 0.3) is 0 Å². The van der Waals surface area contributed by atoms with Crippen LogP contribution in [0.5, 0.6) is 0 Å². The Morgan fingerprint density at radius 3 is 2.75 bits per heavy atom. The van der Waals surface area contributed by atoms with E-state index in [0.717, 1.165) is 6.42 Å². The van der Waals surface area contributed by atoms with Crippen LogP contribution in [0.4, 0.5) is 0 Å². The Kier molecular flexibility index (Phi) is 4.49. The van der Waals surface area contributed by atoms with Crippen LogP contribution in [-0.4, -0.2) is 25.9 Å². The average molecular weight is 299 g/mol. The molecule has 1 amide bonds. The molecule has 7 heteroatoms. The lowest BCUT2D eigenvalue weighted by atomic mass is 9.80. The van der Waals surface area contributed by atoms with Gasteiger partial charge in [0, 0.05) is 12.7 Å². The Balaban J connectivity index is 1.93. The minimum absolute atomic E-state index is 0.0753. The highest BCUT2D eigenvalue weighted by Gasteiger charge is 2.22. The number of amides is 1. The van der Waals surface area contributed by atoms with Crippen LogP contribution in [0.15, 0.2) is 17.2 Å². The summed E-state index contributed by atoms with van der Waals surface area (Å²) in [5.41, 5.74) is 0.220. The van der Waals surface area contributed by atoms with Crippen molar-refractivity contribution in [2.75, 3.05) is 6.54 Å². The van der Waals surface area contributed by atoms with Gasteiger partial charge in [-0.3, -0.25) is 4.79 Å². The summed E-state index contributed by atoms with van der Waals surface area (Å²) in [5, 5.41) is 7.86. The number of carbonyl (C=O) groups is 1. The number of sulfonamides is 1. The van der Waals surface area contributed by atoms with Crippen LogP contribution in [0.2, 0.25) is 0 Å². The van der Waals surface area contributed by atoms with Crippen molar-refractivity contribution in [1.29, 1.82) is 0 Å². The highest BCUT2D eigenvalue weighted by molar-refractivity contribution is 7.89. The average Bonchev–Trinajstić information content (AvgIpc) is 2.87. The van der Waals surface area contributed by atoms with Crippen molar-refractivity contribution in [3.8, 4) is 0 Å². The van der Waals surface area contributed by atoms with Crippen LogP contribution in [0.1, 0.15) is 43.1 Å². The Labute approximate surface area is 119 Å². The van der Waals surface area contributed by atoms with Gasteiger partial charge < -0.3 is 10.3 Å². The molecule has 1 heterocycles. The summed E-state index contributed by atoms with van der Waals surface area (Å²) >= 11 is 0. The third kappa shape index (κ3) is 3.61. The first kappa shape index (κ1) is 15.1. The van der Waals surface area contributed by atoms with E-state index in [4.69, 9.17) is 5.14 Å². The molecule has 112 valence electrons. The lowest BCUT2D eigenvalue weighted by molar-refractivity contribution is 0.0932. The van der Waals surface area contributed by atoms with Crippen LogP contribution in [0.3, 0.4) is 0 Å². The minimum atomic E-state index is -3.77. The van der Waals surface area contributed by atoms with E-state index in [9.17, 15) is 13.2 Å². The number of nitrogens with two attached hydrogens (primary N) is 1. The van der Waals surface area contributed by atoms with Crippen molar-refractivity contribution >= 4 is 15.9 Å². The van der Waals surface area contributed by atoms with E-state index in [1.807, 2.05) is 0 Å². The summed E-state index contributed by atoms with van der Waals surface area (Å²) in [4.78, 5) is 14.5. The van der Waals surface area contributed by atoms with Crippen molar-refractivity contribution in [3.63, 3.8) is 0 Å². The zero-order chi connectivity index (χ0) is 14.8. The summed E-state index contributed by atoms with van der Waals surface area (Å²) in [6, 6.07) is 1.26. The standard InChI is InChI=1S/C13H21N3O3S/c1-9-4-2-3-5-10(9)7-16-13(17)12-6-11(8-15-12)20(14,18)19/h6,8-10,15H,2-5,7H2,1H3,(H,16,17)(H2,14,18,19). The molecule has 0 aliphatic heterocycles. The van der Waals surface area contributed by atoms with Crippen LogP contribution < -0.4 is 10.5 Å². The van der Waals surface area contributed by atoms with E-state index >= 15 is 0 Å². The number of hydrogen-bond acceptors (Lipinski definition) is 3. The molecule has 1 aliphatic carbocycles. The molecule has 1 fully saturated rings. The SMILES string of the molecule is CC1CCCCC1CNC(=O)c1cc(S(N)(=O)=O)c[nH]1. The fraction of sp³-hybridized carbons (Fsp3) is 0.615. The molecule has 1 aromatic rings. The monoisotopic (exact) mass is 299 g/mol. The topological polar surface area (TPSA) is 105 Å². The van der Waals surface area contributed by atoms with E-state index < -0.39 is 10.0 Å². The van der Waals surface area contributed by atoms with Gasteiger partial charge in [-0.05, 0) is 24.3 Å². The smallest absolute Gasteiger partial charge is 0.267 e. The van der Waals surface area contributed by atoms with Crippen LogP contribution in [0, 0.1) is 11.8 Å². The molecule has 0 radical (unpaired) electrons. The third-order valence-electron chi connectivity index (χ3n) is 4.04. The predicted molar refractivity (Wildman–Crippen MR) is 75.6 cm³/mol. The largest absolute Gasteiger partial charge is 0.356 e. The molecule has 1 aliphatic rings. The summed E-state index contributed by atoms with van der Waals surface area (Å²) in [7, 11) is -3.77. The van der Waals surface area contributed by atoms with Crippen molar-refractivity contribution in [1.82, 2.24) is 10.3 Å². The van der Waals surface area contributed by atoms with Crippen molar-refractivity contribution < 1.29 is 13.2 Å². The Hall–Kier alpha value is -1.34. The molecular weight excluding hydrogens is 278 g/mol. The first-order chi connectivity index (χ1) is 9.38. The van der Waals surface area contributed by atoms with E-state index in [2.05, 4.69) is 17.2 Å². The maximum absolute atomic E-state index is 12.0. The first-order valence-corrected chi connectivity index (χ1v) is 8.42. The summed E-state index contributed by atoms with van der Waals surface area (Å²) in [5.74, 6) is 0.825. The molecule has 1 aromatic heterocycles. The van der Waals surface area contributed by atoms with Gasteiger partial charge in [0.15, 0.2) is 0 Å². The van der Waals surface area contributed by atoms with Gasteiger partial charge in [0.05, 0.1) is 4.90 Å². The second-order valence-electron chi connectivity index (χ2n) is 5.53. The molecule has 20 heavy (non-hydrogen) atoms. The summed E-state index contributed by atoms with van der Waals surface area (Å²) < 4.78 is 22.3. The molecule has 2 atom stereocenters. The second kappa shape index (κ2) is 5.97. The maximum Gasteiger partial charge on any atom is 0.267 e. The van der Waals surface area contributed by atoms with E-state index in [0.29, 0.717) is 18.4 Å². The number of aromatic amines is 1. The van der Waals surface area contributed by atoms with Crippen molar-refractivity contribution in [2.45, 2.75) is 37.5 Å². The number of carbonyl (C=O) groups excluding carboxylic acids is 1. The highest BCUT2D eigenvalue weighted by Crippen LogP contribution is 2.28. The lowest BCUT2D eigenvalue weighted by Crippen LogP contribution is -2.33. The zero-order valence-corrected chi connectivity index (χ0v) is 12.4. The normalized spacial score (nSPS) is 23.5.